The molecule has 1 fully saturated rings. The predicted octanol–water partition coefficient (Wildman–Crippen LogP) is 2.58. The van der Waals surface area contributed by atoms with E-state index < -0.39 is 0 Å². The Kier molecular flexibility index (Phi) is 5.38. The van der Waals surface area contributed by atoms with E-state index in [1.807, 2.05) is 6.20 Å². The number of nitrogens with zero attached hydrogens (tertiary/aromatic N) is 2. The topological polar surface area (TPSA) is 37.4 Å². The van der Waals surface area contributed by atoms with Gasteiger partial charge in [0.15, 0.2) is 0 Å². The van der Waals surface area contributed by atoms with Gasteiger partial charge in [-0.25, -0.2) is 4.98 Å². The smallest absolute Gasteiger partial charge is 0.129 e. The van der Waals surface area contributed by atoms with Crippen LogP contribution >= 0.6 is 0 Å². The van der Waals surface area contributed by atoms with E-state index in [0.29, 0.717) is 12.1 Å². The van der Waals surface area contributed by atoms with Crippen molar-refractivity contribution in [2.45, 2.75) is 58.8 Å². The van der Waals surface area contributed by atoms with Crippen LogP contribution in [0.3, 0.4) is 0 Å². The summed E-state index contributed by atoms with van der Waals surface area (Å²) in [4.78, 5) is 6.96. The zero-order chi connectivity index (χ0) is 14.5. The van der Waals surface area contributed by atoms with Crippen molar-refractivity contribution in [3.8, 4) is 0 Å². The lowest BCUT2D eigenvalue weighted by molar-refractivity contribution is 0.0296. The van der Waals surface area contributed by atoms with Gasteiger partial charge in [0.1, 0.15) is 5.82 Å². The molecule has 4 nitrogen and oxygen atoms in total. The average Bonchev–Trinajstić information content (AvgIpc) is 2.45. The Bertz CT molecular complexity index is 422. The molecule has 0 bridgehead atoms. The van der Waals surface area contributed by atoms with Crippen molar-refractivity contribution >= 4 is 5.82 Å². The molecular weight excluding hydrogens is 250 g/mol. The van der Waals surface area contributed by atoms with E-state index in [1.165, 1.54) is 5.56 Å². The molecule has 2 atom stereocenters. The van der Waals surface area contributed by atoms with Gasteiger partial charge in [-0.1, -0.05) is 20.8 Å². The van der Waals surface area contributed by atoms with Crippen LogP contribution in [0.5, 0.6) is 0 Å². The molecule has 0 spiro atoms. The van der Waals surface area contributed by atoms with Gasteiger partial charge in [-0.15, -0.1) is 0 Å². The lowest BCUT2D eigenvalue weighted by atomic mass is 10.1. The Balaban J connectivity index is 2.11. The van der Waals surface area contributed by atoms with Gasteiger partial charge in [-0.05, 0) is 31.0 Å². The first-order valence-electron chi connectivity index (χ1n) is 7.66. The van der Waals surface area contributed by atoms with Gasteiger partial charge < -0.3 is 15.0 Å². The van der Waals surface area contributed by atoms with Gasteiger partial charge in [0.25, 0.3) is 0 Å². The molecule has 1 aromatic heterocycles. The van der Waals surface area contributed by atoms with E-state index in [4.69, 9.17) is 4.74 Å². The van der Waals surface area contributed by atoms with E-state index in [1.54, 1.807) is 0 Å². The van der Waals surface area contributed by atoms with Gasteiger partial charge >= 0.3 is 0 Å². The molecule has 0 radical (unpaired) electrons. The maximum absolute atomic E-state index is 5.76. The summed E-state index contributed by atoms with van der Waals surface area (Å²) in [5.41, 5.74) is 1.29. The number of rotatable bonds is 5. The van der Waals surface area contributed by atoms with E-state index in [0.717, 1.165) is 31.9 Å². The predicted molar refractivity (Wildman–Crippen MR) is 83.1 cm³/mol. The van der Waals surface area contributed by atoms with Gasteiger partial charge in [0.2, 0.25) is 0 Å². The molecule has 0 aromatic carbocycles. The maximum Gasteiger partial charge on any atom is 0.129 e. The van der Waals surface area contributed by atoms with Crippen molar-refractivity contribution in [1.29, 1.82) is 0 Å². The third kappa shape index (κ3) is 3.93. The average molecular weight is 277 g/mol. The second-order valence-corrected chi connectivity index (χ2v) is 5.92. The minimum atomic E-state index is 0.275. The largest absolute Gasteiger partial charge is 0.375 e. The van der Waals surface area contributed by atoms with Crippen LogP contribution in [0.4, 0.5) is 5.82 Å². The zero-order valence-electron chi connectivity index (χ0n) is 13.1. The number of nitrogens with one attached hydrogen (secondary N) is 1. The second kappa shape index (κ2) is 7.04. The van der Waals surface area contributed by atoms with Gasteiger partial charge in [-0.3, -0.25) is 0 Å². The number of pyridine rings is 1. The summed E-state index contributed by atoms with van der Waals surface area (Å²) >= 11 is 0. The van der Waals surface area contributed by atoms with Crippen molar-refractivity contribution in [3.05, 3.63) is 23.9 Å². The van der Waals surface area contributed by atoms with Gasteiger partial charge in [0.05, 0.1) is 18.8 Å². The quantitative estimate of drug-likeness (QED) is 0.897. The van der Waals surface area contributed by atoms with E-state index >= 15 is 0 Å². The number of hydrogen-bond donors (Lipinski definition) is 1. The van der Waals surface area contributed by atoms with Crippen LogP contribution in [0.15, 0.2) is 18.3 Å². The summed E-state index contributed by atoms with van der Waals surface area (Å²) in [5, 5.41) is 3.45. The number of morpholine rings is 1. The molecule has 1 aromatic rings. The second-order valence-electron chi connectivity index (χ2n) is 5.92. The first-order chi connectivity index (χ1) is 9.60. The van der Waals surface area contributed by atoms with Crippen LogP contribution < -0.4 is 10.2 Å². The summed E-state index contributed by atoms with van der Waals surface area (Å²) in [6, 6.07) is 5.23. The fourth-order valence-electron chi connectivity index (χ4n) is 2.51. The number of anilines is 1. The Labute approximate surface area is 122 Å². The molecule has 0 saturated carbocycles. The summed E-state index contributed by atoms with van der Waals surface area (Å²) in [6.07, 6.45) is 3.28. The molecule has 1 N–H and O–H groups in total. The molecule has 1 saturated heterocycles. The number of hydrogen-bond acceptors (Lipinski definition) is 4. The fourth-order valence-corrected chi connectivity index (χ4v) is 2.51. The highest BCUT2D eigenvalue weighted by Gasteiger charge is 2.26. The standard InChI is InChI=1S/C16H27N3O/c1-5-15-11-20-13(4)10-19(15)16-8-14(6-7-17-16)9-18-12(2)3/h6-8,12-13,15,18H,5,9-11H2,1-4H3. The minimum Gasteiger partial charge on any atom is -0.375 e. The van der Waals surface area contributed by atoms with E-state index in [9.17, 15) is 0 Å². The molecule has 4 heteroatoms. The molecule has 20 heavy (non-hydrogen) atoms. The molecular formula is C16H27N3O. The lowest BCUT2D eigenvalue weighted by Crippen LogP contribution is -2.49. The zero-order valence-corrected chi connectivity index (χ0v) is 13.1. The lowest BCUT2D eigenvalue weighted by Gasteiger charge is -2.39. The summed E-state index contributed by atoms with van der Waals surface area (Å²) in [7, 11) is 0. The van der Waals surface area contributed by atoms with Crippen molar-refractivity contribution < 1.29 is 4.74 Å². The normalized spacial score (nSPS) is 23.4. The van der Waals surface area contributed by atoms with E-state index in [-0.39, 0.29) is 6.10 Å². The minimum absolute atomic E-state index is 0.275. The van der Waals surface area contributed by atoms with Gasteiger partial charge in [0, 0.05) is 25.3 Å². The van der Waals surface area contributed by atoms with Crippen LogP contribution in [-0.2, 0) is 11.3 Å². The first kappa shape index (κ1) is 15.3. The highest BCUT2D eigenvalue weighted by atomic mass is 16.5. The fraction of sp³-hybridized carbons (Fsp3) is 0.688. The van der Waals surface area contributed by atoms with Crippen molar-refractivity contribution in [3.63, 3.8) is 0 Å². The SMILES string of the molecule is CCC1COC(C)CN1c1cc(CNC(C)C)ccn1. The highest BCUT2D eigenvalue weighted by molar-refractivity contribution is 5.43. The molecule has 1 aliphatic heterocycles. The van der Waals surface area contributed by atoms with Crippen LogP contribution in [0, 0.1) is 0 Å². The summed E-state index contributed by atoms with van der Waals surface area (Å²) < 4.78 is 5.76. The van der Waals surface area contributed by atoms with Crippen LogP contribution in [0.2, 0.25) is 0 Å². The Hall–Kier alpha value is -1.13. The number of aromatic nitrogens is 1. The Morgan fingerprint density at radius 2 is 2.30 bits per heavy atom. The third-order valence-electron chi connectivity index (χ3n) is 3.76. The Morgan fingerprint density at radius 3 is 3.00 bits per heavy atom. The van der Waals surface area contributed by atoms with Crippen LogP contribution in [-0.4, -0.2) is 36.3 Å². The molecule has 1 aliphatic rings. The first-order valence-corrected chi connectivity index (χ1v) is 7.66. The number of ether oxygens (including phenoxy) is 1. The van der Waals surface area contributed by atoms with Gasteiger partial charge in [-0.2, -0.15) is 0 Å². The summed E-state index contributed by atoms with van der Waals surface area (Å²) in [5.74, 6) is 1.08. The molecule has 2 unspecified atom stereocenters. The van der Waals surface area contributed by atoms with Crippen LogP contribution in [0.1, 0.15) is 39.7 Å². The summed E-state index contributed by atoms with van der Waals surface area (Å²) in [6.45, 7) is 11.3. The molecule has 0 amide bonds. The van der Waals surface area contributed by atoms with E-state index in [2.05, 4.69) is 55.0 Å². The maximum atomic E-state index is 5.76. The monoisotopic (exact) mass is 277 g/mol. The molecule has 112 valence electrons. The van der Waals surface area contributed by atoms with Crippen molar-refractivity contribution in [1.82, 2.24) is 10.3 Å². The molecule has 2 heterocycles. The third-order valence-corrected chi connectivity index (χ3v) is 3.76. The molecule has 2 rings (SSSR count). The highest BCUT2D eigenvalue weighted by Crippen LogP contribution is 2.22. The van der Waals surface area contributed by atoms with Crippen molar-refractivity contribution in [2.75, 3.05) is 18.1 Å². The Morgan fingerprint density at radius 1 is 1.50 bits per heavy atom. The van der Waals surface area contributed by atoms with Crippen molar-refractivity contribution in [2.24, 2.45) is 0 Å². The van der Waals surface area contributed by atoms with Crippen LogP contribution in [0.25, 0.3) is 0 Å². The molecule has 0 aliphatic carbocycles.